The standard InChI is InChI=1S/C17H28N2O2/c1-17(2,3)21-16(20)19(13-8-7-12-18)14-11-15-9-5-4-6-10-15/h4-6,9-10H,7-8,11-14,18H2,1-3H3. The van der Waals surface area contributed by atoms with Gasteiger partial charge in [0.25, 0.3) is 0 Å². The van der Waals surface area contributed by atoms with Gasteiger partial charge in [-0.1, -0.05) is 30.3 Å². The van der Waals surface area contributed by atoms with Crippen LogP contribution in [-0.2, 0) is 11.2 Å². The van der Waals surface area contributed by atoms with Crippen molar-refractivity contribution >= 4 is 6.09 Å². The van der Waals surface area contributed by atoms with Crippen LogP contribution in [0.15, 0.2) is 30.3 Å². The molecule has 1 aromatic rings. The molecule has 21 heavy (non-hydrogen) atoms. The van der Waals surface area contributed by atoms with Crippen molar-refractivity contribution in [3.05, 3.63) is 35.9 Å². The van der Waals surface area contributed by atoms with Gasteiger partial charge in [-0.15, -0.1) is 0 Å². The van der Waals surface area contributed by atoms with Crippen molar-refractivity contribution in [2.24, 2.45) is 5.73 Å². The van der Waals surface area contributed by atoms with Crippen molar-refractivity contribution in [1.29, 1.82) is 0 Å². The van der Waals surface area contributed by atoms with E-state index in [1.54, 1.807) is 4.90 Å². The number of unbranched alkanes of at least 4 members (excludes halogenated alkanes) is 1. The smallest absolute Gasteiger partial charge is 0.410 e. The predicted octanol–water partition coefficient (Wildman–Crippen LogP) is 3.21. The third-order valence-electron chi connectivity index (χ3n) is 3.05. The summed E-state index contributed by atoms with van der Waals surface area (Å²) in [4.78, 5) is 14.0. The summed E-state index contributed by atoms with van der Waals surface area (Å²) in [6.07, 6.45) is 2.42. The highest BCUT2D eigenvalue weighted by Gasteiger charge is 2.21. The summed E-state index contributed by atoms with van der Waals surface area (Å²) < 4.78 is 5.47. The van der Waals surface area contributed by atoms with Gasteiger partial charge in [0, 0.05) is 13.1 Å². The Morgan fingerprint density at radius 3 is 2.38 bits per heavy atom. The molecule has 0 aromatic heterocycles. The van der Waals surface area contributed by atoms with Crippen molar-refractivity contribution < 1.29 is 9.53 Å². The second-order valence-electron chi connectivity index (χ2n) is 6.20. The van der Waals surface area contributed by atoms with Gasteiger partial charge in [-0.3, -0.25) is 0 Å². The highest BCUT2D eigenvalue weighted by Crippen LogP contribution is 2.11. The first-order valence-electron chi connectivity index (χ1n) is 7.64. The molecule has 0 atom stereocenters. The number of carbonyl (C=O) groups is 1. The lowest BCUT2D eigenvalue weighted by Crippen LogP contribution is -2.38. The first-order chi connectivity index (χ1) is 9.92. The van der Waals surface area contributed by atoms with Crippen LogP contribution in [-0.4, -0.2) is 36.2 Å². The number of carbonyl (C=O) groups excluding carboxylic acids is 1. The van der Waals surface area contributed by atoms with E-state index in [0.29, 0.717) is 19.6 Å². The Morgan fingerprint density at radius 2 is 1.81 bits per heavy atom. The molecule has 0 aliphatic heterocycles. The number of nitrogens with two attached hydrogens (primary N) is 1. The zero-order valence-electron chi connectivity index (χ0n) is 13.5. The molecular weight excluding hydrogens is 264 g/mol. The summed E-state index contributed by atoms with van der Waals surface area (Å²) >= 11 is 0. The van der Waals surface area contributed by atoms with Gasteiger partial charge in [0.05, 0.1) is 0 Å². The maximum Gasteiger partial charge on any atom is 0.410 e. The fourth-order valence-electron chi connectivity index (χ4n) is 1.98. The van der Waals surface area contributed by atoms with Crippen molar-refractivity contribution in [2.75, 3.05) is 19.6 Å². The molecule has 0 radical (unpaired) electrons. The number of benzene rings is 1. The Kier molecular flexibility index (Phi) is 7.23. The van der Waals surface area contributed by atoms with Crippen LogP contribution in [0, 0.1) is 0 Å². The van der Waals surface area contributed by atoms with Gasteiger partial charge in [-0.2, -0.15) is 0 Å². The number of amides is 1. The topological polar surface area (TPSA) is 55.6 Å². The van der Waals surface area contributed by atoms with Crippen LogP contribution >= 0.6 is 0 Å². The first kappa shape index (κ1) is 17.5. The van der Waals surface area contributed by atoms with Crippen LogP contribution in [0.4, 0.5) is 4.79 Å². The summed E-state index contributed by atoms with van der Waals surface area (Å²) in [5.74, 6) is 0. The van der Waals surface area contributed by atoms with Crippen LogP contribution in [0.2, 0.25) is 0 Å². The van der Waals surface area contributed by atoms with Gasteiger partial charge in [-0.05, 0) is 52.1 Å². The first-order valence-corrected chi connectivity index (χ1v) is 7.64. The predicted molar refractivity (Wildman–Crippen MR) is 86.2 cm³/mol. The molecule has 0 unspecified atom stereocenters. The summed E-state index contributed by atoms with van der Waals surface area (Å²) in [7, 11) is 0. The summed E-state index contributed by atoms with van der Waals surface area (Å²) in [5.41, 5.74) is 6.29. The molecule has 0 aliphatic carbocycles. The van der Waals surface area contributed by atoms with Gasteiger partial charge in [-0.25, -0.2) is 4.79 Å². The van der Waals surface area contributed by atoms with Crippen LogP contribution in [0.25, 0.3) is 0 Å². The Labute approximate surface area is 128 Å². The molecule has 0 bridgehead atoms. The van der Waals surface area contributed by atoms with Gasteiger partial charge >= 0.3 is 6.09 Å². The normalized spacial score (nSPS) is 11.2. The molecule has 0 saturated heterocycles. The molecule has 0 heterocycles. The van der Waals surface area contributed by atoms with Crippen LogP contribution in [0.1, 0.15) is 39.2 Å². The highest BCUT2D eigenvalue weighted by atomic mass is 16.6. The molecule has 0 spiro atoms. The molecule has 2 N–H and O–H groups in total. The van der Waals surface area contributed by atoms with E-state index in [0.717, 1.165) is 19.3 Å². The Hall–Kier alpha value is -1.55. The van der Waals surface area contributed by atoms with Crippen molar-refractivity contribution in [2.45, 2.75) is 45.6 Å². The summed E-state index contributed by atoms with van der Waals surface area (Å²) in [6, 6.07) is 10.2. The van der Waals surface area contributed by atoms with Crippen molar-refractivity contribution in [3.8, 4) is 0 Å². The van der Waals surface area contributed by atoms with Gasteiger partial charge in [0.15, 0.2) is 0 Å². The van der Waals surface area contributed by atoms with E-state index in [9.17, 15) is 4.79 Å². The lowest BCUT2D eigenvalue weighted by Gasteiger charge is -2.27. The Bertz CT molecular complexity index is 413. The highest BCUT2D eigenvalue weighted by molar-refractivity contribution is 5.68. The molecule has 1 aromatic carbocycles. The molecule has 118 valence electrons. The number of hydrogen-bond acceptors (Lipinski definition) is 3. The third kappa shape index (κ3) is 7.71. The van der Waals surface area contributed by atoms with Crippen LogP contribution in [0.5, 0.6) is 0 Å². The van der Waals surface area contributed by atoms with E-state index < -0.39 is 5.60 Å². The lowest BCUT2D eigenvalue weighted by molar-refractivity contribution is 0.0249. The Balaban J connectivity index is 2.56. The van der Waals surface area contributed by atoms with Crippen molar-refractivity contribution in [3.63, 3.8) is 0 Å². The van der Waals surface area contributed by atoms with Crippen LogP contribution in [0.3, 0.4) is 0 Å². The minimum absolute atomic E-state index is 0.240. The number of ether oxygens (including phenoxy) is 1. The monoisotopic (exact) mass is 292 g/mol. The third-order valence-corrected chi connectivity index (χ3v) is 3.05. The Morgan fingerprint density at radius 1 is 1.14 bits per heavy atom. The fraction of sp³-hybridized carbons (Fsp3) is 0.588. The maximum atomic E-state index is 12.2. The summed E-state index contributed by atoms with van der Waals surface area (Å²) in [5, 5.41) is 0. The average Bonchev–Trinajstić information content (AvgIpc) is 2.41. The largest absolute Gasteiger partial charge is 0.444 e. The van der Waals surface area contributed by atoms with Gasteiger partial charge in [0.2, 0.25) is 0 Å². The molecule has 4 heteroatoms. The minimum Gasteiger partial charge on any atom is -0.444 e. The maximum absolute atomic E-state index is 12.2. The van der Waals surface area contributed by atoms with E-state index in [4.69, 9.17) is 10.5 Å². The van der Waals surface area contributed by atoms with E-state index in [-0.39, 0.29) is 6.09 Å². The minimum atomic E-state index is -0.462. The molecule has 0 aliphatic rings. The van der Waals surface area contributed by atoms with E-state index in [2.05, 4.69) is 12.1 Å². The van der Waals surface area contributed by atoms with Crippen molar-refractivity contribution in [1.82, 2.24) is 4.90 Å². The quantitative estimate of drug-likeness (QED) is 0.785. The zero-order chi connectivity index (χ0) is 15.7. The lowest BCUT2D eigenvalue weighted by atomic mass is 10.1. The number of rotatable bonds is 7. The molecule has 1 rings (SSSR count). The van der Waals surface area contributed by atoms with E-state index in [1.165, 1.54) is 5.56 Å². The summed E-state index contributed by atoms with van der Waals surface area (Å²) in [6.45, 7) is 7.68. The van der Waals surface area contributed by atoms with E-state index >= 15 is 0 Å². The number of nitrogens with zero attached hydrogens (tertiary/aromatic N) is 1. The molecule has 1 amide bonds. The van der Waals surface area contributed by atoms with Crippen LogP contribution < -0.4 is 5.73 Å². The molecule has 0 fully saturated rings. The number of hydrogen-bond donors (Lipinski definition) is 1. The molecular formula is C17H28N2O2. The van der Waals surface area contributed by atoms with Gasteiger partial charge < -0.3 is 15.4 Å². The van der Waals surface area contributed by atoms with Gasteiger partial charge in [0.1, 0.15) is 5.60 Å². The second kappa shape index (κ2) is 8.67. The SMILES string of the molecule is CC(C)(C)OC(=O)N(CCCCN)CCc1ccccc1. The zero-order valence-corrected chi connectivity index (χ0v) is 13.5. The second-order valence-corrected chi connectivity index (χ2v) is 6.20. The average molecular weight is 292 g/mol. The fourth-order valence-corrected chi connectivity index (χ4v) is 1.98. The van der Waals surface area contributed by atoms with E-state index in [1.807, 2.05) is 39.0 Å². The molecule has 4 nitrogen and oxygen atoms in total. The molecule has 0 saturated carbocycles.